The molecular weight excluding hydrogens is 266 g/mol. The fourth-order valence-electron chi connectivity index (χ4n) is 1.87. The van der Waals surface area contributed by atoms with E-state index in [1.54, 1.807) is 0 Å². The Morgan fingerprint density at radius 3 is 2.35 bits per heavy atom. The molecule has 7 heteroatoms. The van der Waals surface area contributed by atoms with Crippen LogP contribution in [0.1, 0.15) is 51.6 Å². The van der Waals surface area contributed by atoms with E-state index in [1.807, 2.05) is 6.92 Å². The Morgan fingerprint density at radius 1 is 1.25 bits per heavy atom. The number of aryl methyl sites for hydroxylation is 1. The third-order valence-corrected chi connectivity index (χ3v) is 2.82. The molecule has 0 saturated heterocycles. The number of hydrogen-bond acceptors (Lipinski definition) is 5. The zero-order valence-electron chi connectivity index (χ0n) is 10.8. The van der Waals surface area contributed by atoms with Crippen LogP contribution in [0, 0.1) is 5.41 Å². The van der Waals surface area contributed by atoms with E-state index in [2.05, 4.69) is 4.89 Å². The van der Waals surface area contributed by atoms with E-state index < -0.39 is 17.8 Å². The van der Waals surface area contributed by atoms with Crippen molar-refractivity contribution in [3.63, 3.8) is 0 Å². The van der Waals surface area contributed by atoms with Gasteiger partial charge in [-0.25, -0.2) is 14.8 Å². The number of benzene rings is 1. The van der Waals surface area contributed by atoms with E-state index in [0.29, 0.717) is 18.4 Å². The van der Waals surface area contributed by atoms with Crippen LogP contribution in [-0.2, 0) is 11.3 Å². The minimum atomic E-state index is -1.30. The fraction of sp³-hybridized carbons (Fsp3) is 0.308. The first-order valence-corrected chi connectivity index (χ1v) is 5.96. The predicted molar refractivity (Wildman–Crippen MR) is 69.5 cm³/mol. The maximum absolute atomic E-state index is 11.3. The molecule has 0 amide bonds. The zero-order chi connectivity index (χ0) is 15.3. The molecule has 0 unspecified atom stereocenters. The van der Waals surface area contributed by atoms with E-state index >= 15 is 0 Å². The SMILES string of the molecule is CCCCc1cc(C(=O)O)cc(C(=N)OO)c1C(=O)O. The average Bonchev–Trinajstić information content (AvgIpc) is 2.42. The van der Waals surface area contributed by atoms with Gasteiger partial charge in [0.1, 0.15) is 0 Å². The summed E-state index contributed by atoms with van der Waals surface area (Å²) in [6, 6.07) is 2.27. The van der Waals surface area contributed by atoms with Gasteiger partial charge < -0.3 is 15.1 Å². The van der Waals surface area contributed by atoms with Crippen LogP contribution < -0.4 is 0 Å². The number of carboxylic acids is 2. The van der Waals surface area contributed by atoms with E-state index in [4.69, 9.17) is 15.8 Å². The largest absolute Gasteiger partial charge is 0.478 e. The van der Waals surface area contributed by atoms with Crippen LogP contribution in [0.3, 0.4) is 0 Å². The van der Waals surface area contributed by atoms with Crippen molar-refractivity contribution >= 4 is 17.8 Å². The highest BCUT2D eigenvalue weighted by Gasteiger charge is 2.22. The first kappa shape index (κ1) is 15.6. The summed E-state index contributed by atoms with van der Waals surface area (Å²) < 4.78 is 0. The lowest BCUT2D eigenvalue weighted by Gasteiger charge is -2.12. The minimum absolute atomic E-state index is 0.155. The number of carboxylic acid groups (broad SMARTS) is 2. The molecule has 0 aliphatic carbocycles. The number of unbranched alkanes of at least 4 members (excludes halogenated alkanes) is 1. The number of hydrogen-bond donors (Lipinski definition) is 4. The van der Waals surface area contributed by atoms with Gasteiger partial charge in [-0.3, -0.25) is 5.41 Å². The van der Waals surface area contributed by atoms with Crippen molar-refractivity contribution in [1.29, 1.82) is 5.41 Å². The highest BCUT2D eigenvalue weighted by Crippen LogP contribution is 2.21. The molecule has 1 aromatic rings. The molecule has 0 saturated carbocycles. The van der Waals surface area contributed by atoms with Gasteiger partial charge in [-0.15, -0.1) is 0 Å². The van der Waals surface area contributed by atoms with Gasteiger partial charge >= 0.3 is 11.9 Å². The fourth-order valence-corrected chi connectivity index (χ4v) is 1.87. The van der Waals surface area contributed by atoms with E-state index in [-0.39, 0.29) is 16.7 Å². The second-order valence-corrected chi connectivity index (χ2v) is 4.19. The van der Waals surface area contributed by atoms with Gasteiger partial charge in [0.25, 0.3) is 5.90 Å². The molecule has 0 aliphatic rings. The molecule has 108 valence electrons. The Hall–Kier alpha value is -2.41. The third-order valence-electron chi connectivity index (χ3n) is 2.82. The lowest BCUT2D eigenvalue weighted by atomic mass is 9.94. The Morgan fingerprint density at radius 2 is 1.90 bits per heavy atom. The number of nitrogens with one attached hydrogen (secondary N) is 1. The summed E-state index contributed by atoms with van der Waals surface area (Å²) in [5, 5.41) is 34.2. The van der Waals surface area contributed by atoms with Crippen molar-refractivity contribution < 1.29 is 29.9 Å². The highest BCUT2D eigenvalue weighted by atomic mass is 17.1. The Balaban J connectivity index is 3.52. The Labute approximate surface area is 114 Å². The summed E-state index contributed by atoms with van der Waals surface area (Å²) in [7, 11) is 0. The van der Waals surface area contributed by atoms with Crippen LogP contribution in [0.2, 0.25) is 0 Å². The molecule has 4 N–H and O–H groups in total. The molecule has 1 rings (SSSR count). The van der Waals surface area contributed by atoms with Crippen molar-refractivity contribution in [2.75, 3.05) is 0 Å². The summed E-state index contributed by atoms with van der Waals surface area (Å²) in [4.78, 5) is 26.1. The minimum Gasteiger partial charge on any atom is -0.478 e. The van der Waals surface area contributed by atoms with Crippen molar-refractivity contribution in [2.45, 2.75) is 26.2 Å². The van der Waals surface area contributed by atoms with Gasteiger partial charge in [-0.05, 0) is 30.5 Å². The van der Waals surface area contributed by atoms with E-state index in [1.165, 1.54) is 6.07 Å². The zero-order valence-corrected chi connectivity index (χ0v) is 10.8. The second-order valence-electron chi connectivity index (χ2n) is 4.19. The maximum atomic E-state index is 11.3. The standard InChI is InChI=1S/C13H15NO6/c1-2-3-4-7-5-8(12(15)16)6-9(11(14)20-19)10(7)13(17)18/h5-6,14,19H,2-4H2,1H3,(H,15,16)(H,17,18). The third kappa shape index (κ3) is 3.33. The number of aromatic carboxylic acids is 2. The monoisotopic (exact) mass is 281 g/mol. The molecule has 1 aromatic carbocycles. The average molecular weight is 281 g/mol. The first-order valence-electron chi connectivity index (χ1n) is 5.96. The number of carbonyl (C=O) groups is 2. The predicted octanol–water partition coefficient (Wildman–Crippen LogP) is 2.24. The summed E-state index contributed by atoms with van der Waals surface area (Å²) in [5.41, 5.74) is -0.331. The van der Waals surface area contributed by atoms with Crippen molar-refractivity contribution in [2.24, 2.45) is 0 Å². The van der Waals surface area contributed by atoms with Gasteiger partial charge in [0.05, 0.1) is 16.7 Å². The summed E-state index contributed by atoms with van der Waals surface area (Å²) >= 11 is 0. The van der Waals surface area contributed by atoms with Gasteiger partial charge in [0.15, 0.2) is 0 Å². The normalized spacial score (nSPS) is 10.1. The lowest BCUT2D eigenvalue weighted by Crippen LogP contribution is -2.15. The second kappa shape index (κ2) is 6.67. The van der Waals surface area contributed by atoms with Gasteiger partial charge in [-0.2, -0.15) is 0 Å². The topological polar surface area (TPSA) is 128 Å². The van der Waals surface area contributed by atoms with Gasteiger partial charge in [0, 0.05) is 0 Å². The summed E-state index contributed by atoms with van der Waals surface area (Å²) in [6.45, 7) is 1.92. The molecule has 0 fully saturated rings. The van der Waals surface area contributed by atoms with Crippen molar-refractivity contribution in [1.82, 2.24) is 0 Å². The van der Waals surface area contributed by atoms with Crippen LogP contribution in [-0.4, -0.2) is 33.3 Å². The molecular formula is C13H15NO6. The van der Waals surface area contributed by atoms with E-state index in [9.17, 15) is 14.7 Å². The molecule has 0 aliphatic heterocycles. The first-order chi connectivity index (χ1) is 9.42. The lowest BCUT2D eigenvalue weighted by molar-refractivity contribution is -0.155. The molecule has 0 aromatic heterocycles. The number of rotatable bonds is 6. The van der Waals surface area contributed by atoms with Crippen LogP contribution in [0.5, 0.6) is 0 Å². The maximum Gasteiger partial charge on any atom is 0.336 e. The quantitative estimate of drug-likeness (QED) is 0.274. The molecule has 0 bridgehead atoms. The van der Waals surface area contributed by atoms with Crippen LogP contribution in [0.4, 0.5) is 0 Å². The van der Waals surface area contributed by atoms with E-state index in [0.717, 1.165) is 12.5 Å². The molecule has 0 heterocycles. The summed E-state index contributed by atoms with van der Waals surface area (Å²) in [6.07, 6.45) is 1.85. The summed E-state index contributed by atoms with van der Waals surface area (Å²) in [5.74, 6) is -3.35. The van der Waals surface area contributed by atoms with Crippen molar-refractivity contribution in [3.8, 4) is 0 Å². The van der Waals surface area contributed by atoms with Crippen LogP contribution in [0.25, 0.3) is 0 Å². The highest BCUT2D eigenvalue weighted by molar-refractivity contribution is 6.06. The van der Waals surface area contributed by atoms with Gasteiger partial charge in [-0.1, -0.05) is 13.3 Å². The molecule has 0 spiro atoms. The Bertz CT molecular complexity index is 552. The van der Waals surface area contributed by atoms with Crippen LogP contribution >= 0.6 is 0 Å². The Kier molecular flexibility index (Phi) is 5.22. The molecule has 20 heavy (non-hydrogen) atoms. The van der Waals surface area contributed by atoms with Crippen molar-refractivity contribution in [3.05, 3.63) is 34.4 Å². The molecule has 0 atom stereocenters. The van der Waals surface area contributed by atoms with Gasteiger partial charge in [0.2, 0.25) is 0 Å². The molecule has 7 nitrogen and oxygen atoms in total. The molecule has 0 radical (unpaired) electrons. The smallest absolute Gasteiger partial charge is 0.336 e. The van der Waals surface area contributed by atoms with Crippen LogP contribution in [0.15, 0.2) is 12.1 Å².